The molecule has 4 nitrogen and oxygen atoms in total. The number of nitrogens with zero attached hydrogens (tertiary/aromatic N) is 2. The van der Waals surface area contributed by atoms with Crippen molar-refractivity contribution in [2.24, 2.45) is 5.41 Å². The van der Waals surface area contributed by atoms with Crippen LogP contribution < -0.4 is 4.90 Å². The molecule has 3 fully saturated rings. The molecule has 2 aliphatic heterocycles. The number of ketones is 1. The molecule has 2 saturated heterocycles. The second kappa shape index (κ2) is 12.3. The quantitative estimate of drug-likeness (QED) is 0.527. The number of benzene rings is 2. The number of hydrogen-bond donors (Lipinski definition) is 0. The highest BCUT2D eigenvalue weighted by Gasteiger charge is 2.48. The standard InChI is InChI=1S/C20H26N2O2.C8H10.C2H6/c1-15(23)14-21-11-8-20(9-12-21)10-13-22(19(20)24)18-6-4-17(5-7-18)16-2-3-16;1-2-8-6-4-3-5-7-8;1-2/h4-7,16H,2-3,8-14H2,1H3;3-7H,2H2,1H3;1-2H3. The van der Waals surface area contributed by atoms with Gasteiger partial charge in [-0.3, -0.25) is 14.5 Å². The van der Waals surface area contributed by atoms with Crippen LogP contribution in [0.5, 0.6) is 0 Å². The normalized spacial score (nSPS) is 19.2. The van der Waals surface area contributed by atoms with Gasteiger partial charge in [0.1, 0.15) is 5.78 Å². The molecule has 0 unspecified atom stereocenters. The van der Waals surface area contributed by atoms with Gasteiger partial charge in [-0.25, -0.2) is 0 Å². The Kier molecular flexibility index (Phi) is 9.46. The Morgan fingerprint density at radius 3 is 2.00 bits per heavy atom. The number of amides is 1. The van der Waals surface area contributed by atoms with Crippen LogP contribution in [0, 0.1) is 5.41 Å². The van der Waals surface area contributed by atoms with Gasteiger partial charge in [0.05, 0.1) is 12.0 Å². The predicted octanol–water partition coefficient (Wildman–Crippen LogP) is 6.25. The Balaban J connectivity index is 0.000000274. The zero-order valence-corrected chi connectivity index (χ0v) is 21.6. The minimum Gasteiger partial charge on any atom is -0.312 e. The van der Waals surface area contributed by atoms with Crippen molar-refractivity contribution < 1.29 is 9.59 Å². The fourth-order valence-corrected chi connectivity index (χ4v) is 5.04. The van der Waals surface area contributed by atoms with Crippen LogP contribution in [0.3, 0.4) is 0 Å². The van der Waals surface area contributed by atoms with Crippen molar-refractivity contribution in [3.63, 3.8) is 0 Å². The minimum absolute atomic E-state index is 0.192. The summed E-state index contributed by atoms with van der Waals surface area (Å²) in [6, 6.07) is 19.1. The van der Waals surface area contributed by atoms with Crippen molar-refractivity contribution >= 4 is 17.4 Å². The largest absolute Gasteiger partial charge is 0.312 e. The van der Waals surface area contributed by atoms with Gasteiger partial charge in [-0.2, -0.15) is 0 Å². The van der Waals surface area contributed by atoms with E-state index < -0.39 is 0 Å². The molecule has 0 radical (unpaired) electrons. The van der Waals surface area contributed by atoms with Gasteiger partial charge in [-0.15, -0.1) is 0 Å². The monoisotopic (exact) mass is 462 g/mol. The van der Waals surface area contributed by atoms with Gasteiger partial charge >= 0.3 is 0 Å². The van der Waals surface area contributed by atoms with Crippen LogP contribution in [0.25, 0.3) is 0 Å². The van der Waals surface area contributed by atoms with E-state index in [-0.39, 0.29) is 11.2 Å². The summed E-state index contributed by atoms with van der Waals surface area (Å²) in [5.41, 5.74) is 3.68. The van der Waals surface area contributed by atoms with E-state index in [1.54, 1.807) is 6.92 Å². The maximum Gasteiger partial charge on any atom is 0.233 e. The zero-order chi connectivity index (χ0) is 24.6. The molecule has 34 heavy (non-hydrogen) atoms. The molecule has 0 atom stereocenters. The Morgan fingerprint density at radius 2 is 1.50 bits per heavy atom. The van der Waals surface area contributed by atoms with Gasteiger partial charge < -0.3 is 4.90 Å². The molecular formula is C30H42N2O2. The van der Waals surface area contributed by atoms with E-state index in [1.165, 1.54) is 24.0 Å². The SMILES string of the molecule is CC.CC(=O)CN1CCC2(CC1)CCN(c1ccc(C3CC3)cc1)C2=O.CCc1ccccc1. The van der Waals surface area contributed by atoms with Gasteiger partial charge in [0.2, 0.25) is 5.91 Å². The van der Waals surface area contributed by atoms with Crippen molar-refractivity contribution in [2.45, 2.75) is 72.1 Å². The maximum atomic E-state index is 13.1. The van der Waals surface area contributed by atoms with Gasteiger partial charge in [-0.1, -0.05) is 63.2 Å². The summed E-state index contributed by atoms with van der Waals surface area (Å²) in [5, 5.41) is 0. The molecule has 3 aliphatic rings. The fourth-order valence-electron chi connectivity index (χ4n) is 5.04. The molecule has 1 saturated carbocycles. The van der Waals surface area contributed by atoms with E-state index in [1.807, 2.05) is 24.8 Å². The molecule has 1 spiro atoms. The number of carbonyl (C=O) groups excluding carboxylic acids is 2. The Morgan fingerprint density at radius 1 is 0.912 bits per heavy atom. The van der Waals surface area contributed by atoms with Gasteiger partial charge in [0.15, 0.2) is 0 Å². The highest BCUT2D eigenvalue weighted by atomic mass is 16.2. The molecule has 0 bridgehead atoms. The van der Waals surface area contributed by atoms with Crippen LogP contribution in [0.2, 0.25) is 0 Å². The molecule has 2 aromatic rings. The van der Waals surface area contributed by atoms with Gasteiger partial charge in [0.25, 0.3) is 0 Å². The lowest BCUT2D eigenvalue weighted by atomic mass is 9.77. The van der Waals surface area contributed by atoms with Gasteiger partial charge in [0, 0.05) is 12.2 Å². The van der Waals surface area contributed by atoms with Crippen molar-refractivity contribution in [1.29, 1.82) is 0 Å². The molecule has 0 aromatic heterocycles. The molecule has 1 aliphatic carbocycles. The average Bonchev–Trinajstić information content (AvgIpc) is 3.68. The molecule has 2 heterocycles. The summed E-state index contributed by atoms with van der Waals surface area (Å²) >= 11 is 0. The highest BCUT2D eigenvalue weighted by molar-refractivity contribution is 6.00. The van der Waals surface area contributed by atoms with Gasteiger partial charge in [-0.05, 0) is 87.7 Å². The van der Waals surface area contributed by atoms with Crippen LogP contribution in [-0.2, 0) is 16.0 Å². The zero-order valence-electron chi connectivity index (χ0n) is 21.6. The van der Waals surface area contributed by atoms with E-state index in [2.05, 4.69) is 60.4 Å². The molecule has 184 valence electrons. The molecule has 0 N–H and O–H groups in total. The predicted molar refractivity (Wildman–Crippen MR) is 141 cm³/mol. The van der Waals surface area contributed by atoms with Crippen molar-refractivity contribution in [3.8, 4) is 0 Å². The number of rotatable bonds is 5. The summed E-state index contributed by atoms with van der Waals surface area (Å²) < 4.78 is 0. The fraction of sp³-hybridized carbons (Fsp3) is 0.533. The first-order valence-electron chi connectivity index (χ1n) is 13.2. The summed E-state index contributed by atoms with van der Waals surface area (Å²) in [6.45, 7) is 10.9. The topological polar surface area (TPSA) is 40.6 Å². The number of hydrogen-bond acceptors (Lipinski definition) is 3. The molecule has 2 aromatic carbocycles. The summed E-state index contributed by atoms with van der Waals surface area (Å²) in [4.78, 5) is 28.5. The first-order valence-corrected chi connectivity index (χ1v) is 13.2. The third-order valence-electron chi connectivity index (χ3n) is 7.28. The average molecular weight is 463 g/mol. The first-order chi connectivity index (χ1) is 16.5. The number of anilines is 1. The van der Waals surface area contributed by atoms with Crippen molar-refractivity contribution in [1.82, 2.24) is 4.90 Å². The van der Waals surface area contributed by atoms with Crippen molar-refractivity contribution in [3.05, 3.63) is 65.7 Å². The van der Waals surface area contributed by atoms with Crippen molar-refractivity contribution in [2.75, 3.05) is 31.1 Å². The number of likely N-dealkylation sites (tertiary alicyclic amines) is 1. The minimum atomic E-state index is -0.192. The molecule has 1 amide bonds. The highest BCUT2D eigenvalue weighted by Crippen LogP contribution is 2.44. The maximum absolute atomic E-state index is 13.1. The van der Waals surface area contributed by atoms with Crippen LogP contribution in [0.1, 0.15) is 76.8 Å². The summed E-state index contributed by atoms with van der Waals surface area (Å²) in [6.07, 6.45) is 6.47. The second-order valence-corrected chi connectivity index (χ2v) is 9.67. The van der Waals surface area contributed by atoms with Crippen LogP contribution >= 0.6 is 0 Å². The third kappa shape index (κ3) is 6.56. The lowest BCUT2D eigenvalue weighted by Gasteiger charge is -2.37. The number of carbonyl (C=O) groups is 2. The Bertz CT molecular complexity index is 911. The van der Waals surface area contributed by atoms with Crippen LogP contribution in [0.4, 0.5) is 5.69 Å². The lowest BCUT2D eigenvalue weighted by molar-refractivity contribution is -0.128. The molecule has 4 heteroatoms. The number of aryl methyl sites for hydroxylation is 1. The lowest BCUT2D eigenvalue weighted by Crippen LogP contribution is -2.45. The summed E-state index contributed by atoms with van der Waals surface area (Å²) in [7, 11) is 0. The van der Waals surface area contributed by atoms with Crippen LogP contribution in [-0.4, -0.2) is 42.8 Å². The smallest absolute Gasteiger partial charge is 0.233 e. The Labute approximate surface area is 206 Å². The van der Waals surface area contributed by atoms with Crippen LogP contribution in [0.15, 0.2) is 54.6 Å². The van der Waals surface area contributed by atoms with E-state index in [0.717, 1.165) is 56.9 Å². The third-order valence-corrected chi connectivity index (χ3v) is 7.28. The molecule has 5 rings (SSSR count). The second-order valence-electron chi connectivity index (χ2n) is 9.67. The molecular weight excluding hydrogens is 420 g/mol. The Hall–Kier alpha value is -2.46. The van der Waals surface area contributed by atoms with E-state index >= 15 is 0 Å². The van der Waals surface area contributed by atoms with E-state index in [0.29, 0.717) is 12.5 Å². The van der Waals surface area contributed by atoms with E-state index in [4.69, 9.17) is 0 Å². The summed E-state index contributed by atoms with van der Waals surface area (Å²) in [5.74, 6) is 1.26. The van der Waals surface area contributed by atoms with E-state index in [9.17, 15) is 9.59 Å². The number of Topliss-reactive ketones (excluding diaryl/α,β-unsaturated/α-hetero) is 1. The number of piperidine rings is 1. The first kappa shape index (κ1) is 26.2.